The van der Waals surface area contributed by atoms with Gasteiger partial charge < -0.3 is 9.84 Å². The molecule has 1 saturated heterocycles. The molecule has 1 N–H and O–H groups in total. The number of thioether (sulfide) groups is 1. The summed E-state index contributed by atoms with van der Waals surface area (Å²) in [5.74, 6) is -0.899. The molecule has 0 atom stereocenters. The molecule has 0 saturated carbocycles. The number of aromatic nitrogens is 2. The summed E-state index contributed by atoms with van der Waals surface area (Å²) in [5, 5.41) is 8.91. The second-order valence-corrected chi connectivity index (χ2v) is 8.59. The lowest BCUT2D eigenvalue weighted by molar-refractivity contribution is -0.137. The fraction of sp³-hybridized carbons (Fsp3) is 0.136. The maximum Gasteiger partial charge on any atom is 0.305 e. The molecule has 0 unspecified atom stereocenters. The molecular formula is C22H17N3O5S2. The van der Waals surface area contributed by atoms with E-state index >= 15 is 0 Å². The van der Waals surface area contributed by atoms with Crippen LogP contribution in [0.4, 0.5) is 0 Å². The molecule has 0 bridgehead atoms. The Balaban J connectivity index is 1.81. The smallest absolute Gasteiger partial charge is 0.305 e. The Morgan fingerprint density at radius 1 is 1.22 bits per heavy atom. The average Bonchev–Trinajstić information content (AvgIpc) is 3.03. The number of carboxylic acid groups (broad SMARTS) is 1. The first-order valence-electron chi connectivity index (χ1n) is 9.57. The molecule has 4 rings (SSSR count). The van der Waals surface area contributed by atoms with Crippen molar-refractivity contribution >= 4 is 51.9 Å². The van der Waals surface area contributed by atoms with E-state index in [-0.39, 0.29) is 33.6 Å². The molecule has 0 aliphatic carbocycles. The van der Waals surface area contributed by atoms with Gasteiger partial charge in [-0.3, -0.25) is 23.7 Å². The van der Waals surface area contributed by atoms with E-state index in [1.807, 2.05) is 25.1 Å². The SMILES string of the molecule is Cc1ccccc1Oc1nc2ccccn2c(=O)c1C=C1SC(=S)N(CCC(=O)O)C1=O. The lowest BCUT2D eigenvalue weighted by Crippen LogP contribution is -2.30. The minimum absolute atomic E-state index is 0.0428. The Labute approximate surface area is 192 Å². The van der Waals surface area contributed by atoms with Crippen molar-refractivity contribution in [1.82, 2.24) is 14.3 Å². The van der Waals surface area contributed by atoms with Gasteiger partial charge in [0, 0.05) is 12.7 Å². The molecule has 1 fully saturated rings. The second kappa shape index (κ2) is 8.93. The maximum absolute atomic E-state index is 13.3. The largest absolute Gasteiger partial charge is 0.481 e. The fourth-order valence-corrected chi connectivity index (χ4v) is 4.38. The molecule has 3 heterocycles. The first kappa shape index (κ1) is 21.7. The lowest BCUT2D eigenvalue weighted by Gasteiger charge is -2.12. The molecule has 0 spiro atoms. The van der Waals surface area contributed by atoms with Gasteiger partial charge in [-0.05, 0) is 36.8 Å². The Morgan fingerprint density at radius 3 is 2.72 bits per heavy atom. The van der Waals surface area contributed by atoms with E-state index in [0.29, 0.717) is 11.4 Å². The molecule has 32 heavy (non-hydrogen) atoms. The molecule has 2 aromatic heterocycles. The summed E-state index contributed by atoms with van der Waals surface area (Å²) >= 11 is 6.24. The zero-order chi connectivity index (χ0) is 22.8. The molecule has 1 aliphatic heterocycles. The zero-order valence-electron chi connectivity index (χ0n) is 16.8. The van der Waals surface area contributed by atoms with Crippen LogP contribution in [0.25, 0.3) is 11.7 Å². The number of hydrogen-bond acceptors (Lipinski definition) is 7. The Bertz CT molecular complexity index is 1350. The number of rotatable bonds is 6. The van der Waals surface area contributed by atoms with Crippen LogP contribution < -0.4 is 10.3 Å². The van der Waals surface area contributed by atoms with E-state index in [1.54, 1.807) is 30.5 Å². The van der Waals surface area contributed by atoms with E-state index in [9.17, 15) is 14.4 Å². The Morgan fingerprint density at radius 2 is 1.97 bits per heavy atom. The van der Waals surface area contributed by atoms with Gasteiger partial charge in [-0.15, -0.1) is 0 Å². The number of aryl methyl sites for hydroxylation is 1. The van der Waals surface area contributed by atoms with E-state index in [1.165, 1.54) is 15.4 Å². The molecule has 8 nitrogen and oxygen atoms in total. The zero-order valence-corrected chi connectivity index (χ0v) is 18.5. The van der Waals surface area contributed by atoms with E-state index < -0.39 is 17.4 Å². The van der Waals surface area contributed by atoms with Crippen LogP contribution in [0, 0.1) is 6.92 Å². The third-order valence-electron chi connectivity index (χ3n) is 4.73. The van der Waals surface area contributed by atoms with E-state index in [0.717, 1.165) is 17.3 Å². The maximum atomic E-state index is 13.3. The van der Waals surface area contributed by atoms with Crippen molar-refractivity contribution in [3.8, 4) is 11.6 Å². The normalized spacial score (nSPS) is 15.0. The topological polar surface area (TPSA) is 101 Å². The first-order valence-corrected chi connectivity index (χ1v) is 10.8. The molecule has 0 radical (unpaired) electrons. The summed E-state index contributed by atoms with van der Waals surface area (Å²) in [7, 11) is 0. The molecular weight excluding hydrogens is 450 g/mol. The van der Waals surface area contributed by atoms with Crippen molar-refractivity contribution in [3.63, 3.8) is 0 Å². The summed E-state index contributed by atoms with van der Waals surface area (Å²) in [6, 6.07) is 12.5. The lowest BCUT2D eigenvalue weighted by atomic mass is 10.2. The molecule has 3 aromatic rings. The minimum atomic E-state index is -1.03. The number of carboxylic acids is 1. The van der Waals surface area contributed by atoms with Crippen LogP contribution in [0.3, 0.4) is 0 Å². The van der Waals surface area contributed by atoms with Gasteiger partial charge in [0.1, 0.15) is 21.3 Å². The average molecular weight is 468 g/mol. The predicted molar refractivity (Wildman–Crippen MR) is 125 cm³/mol. The number of amides is 1. The molecule has 1 aromatic carbocycles. The second-order valence-electron chi connectivity index (χ2n) is 6.91. The Kier molecular flexibility index (Phi) is 6.06. The van der Waals surface area contributed by atoms with Crippen molar-refractivity contribution in [2.24, 2.45) is 0 Å². The highest BCUT2D eigenvalue weighted by Gasteiger charge is 2.33. The highest BCUT2D eigenvalue weighted by atomic mass is 32.2. The number of carbonyl (C=O) groups is 2. The van der Waals surface area contributed by atoms with Gasteiger partial charge in [0.15, 0.2) is 0 Å². The molecule has 1 aliphatic rings. The number of benzene rings is 1. The number of nitrogens with zero attached hydrogens (tertiary/aromatic N) is 3. The summed E-state index contributed by atoms with van der Waals surface area (Å²) in [5.41, 5.74) is 0.937. The third kappa shape index (κ3) is 4.27. The summed E-state index contributed by atoms with van der Waals surface area (Å²) in [4.78, 5) is 42.9. The fourth-order valence-electron chi connectivity index (χ4n) is 3.09. The standard InChI is InChI=1S/C22H17N3O5S2/c1-13-6-2-3-7-15(13)30-19-14(20(28)24-10-5-4-8-17(24)23-19)12-16-21(29)25(22(31)32-16)11-9-18(26)27/h2-8,10,12H,9,11H2,1H3,(H,26,27). The number of para-hydroxylation sites is 1. The number of fused-ring (bicyclic) bond motifs is 1. The van der Waals surface area contributed by atoms with Crippen molar-refractivity contribution < 1.29 is 19.4 Å². The minimum Gasteiger partial charge on any atom is -0.481 e. The van der Waals surface area contributed by atoms with Gasteiger partial charge in [-0.2, -0.15) is 4.98 Å². The van der Waals surface area contributed by atoms with Crippen LogP contribution >= 0.6 is 24.0 Å². The number of ether oxygens (including phenoxy) is 1. The quantitative estimate of drug-likeness (QED) is 0.434. The van der Waals surface area contributed by atoms with Crippen LogP contribution in [0.15, 0.2) is 58.4 Å². The molecule has 1 amide bonds. The van der Waals surface area contributed by atoms with Crippen LogP contribution in [0.1, 0.15) is 17.5 Å². The highest BCUT2D eigenvalue weighted by Crippen LogP contribution is 2.34. The van der Waals surface area contributed by atoms with Crippen molar-refractivity contribution in [2.45, 2.75) is 13.3 Å². The summed E-state index contributed by atoms with van der Waals surface area (Å²) in [6.07, 6.45) is 2.75. The Hall–Kier alpha value is -3.50. The number of thiocarbonyl (C=S) groups is 1. The van der Waals surface area contributed by atoms with Gasteiger partial charge >= 0.3 is 5.97 Å². The van der Waals surface area contributed by atoms with Gasteiger partial charge in [0.2, 0.25) is 5.88 Å². The van der Waals surface area contributed by atoms with Gasteiger partial charge in [-0.1, -0.05) is 48.2 Å². The monoisotopic (exact) mass is 467 g/mol. The van der Waals surface area contributed by atoms with Gasteiger partial charge in [-0.25, -0.2) is 0 Å². The molecule has 162 valence electrons. The van der Waals surface area contributed by atoms with Crippen LogP contribution in [0.2, 0.25) is 0 Å². The molecule has 10 heteroatoms. The van der Waals surface area contributed by atoms with Crippen LogP contribution in [0.5, 0.6) is 11.6 Å². The van der Waals surface area contributed by atoms with Crippen molar-refractivity contribution in [2.75, 3.05) is 6.54 Å². The van der Waals surface area contributed by atoms with Crippen molar-refractivity contribution in [1.29, 1.82) is 0 Å². The van der Waals surface area contributed by atoms with E-state index in [2.05, 4.69) is 4.98 Å². The number of hydrogen-bond donors (Lipinski definition) is 1. The van der Waals surface area contributed by atoms with E-state index in [4.69, 9.17) is 22.1 Å². The van der Waals surface area contributed by atoms with Crippen LogP contribution in [-0.2, 0) is 9.59 Å². The van der Waals surface area contributed by atoms with Gasteiger partial charge in [0.05, 0.1) is 11.3 Å². The predicted octanol–water partition coefficient (Wildman–Crippen LogP) is 3.47. The number of carbonyl (C=O) groups excluding carboxylic acids is 1. The summed E-state index contributed by atoms with van der Waals surface area (Å²) < 4.78 is 7.59. The number of pyridine rings is 1. The number of aliphatic carboxylic acids is 1. The van der Waals surface area contributed by atoms with Crippen molar-refractivity contribution in [3.05, 3.63) is 75.0 Å². The van der Waals surface area contributed by atoms with Gasteiger partial charge in [0.25, 0.3) is 11.5 Å². The van der Waals surface area contributed by atoms with Crippen LogP contribution in [-0.4, -0.2) is 42.1 Å². The first-order chi connectivity index (χ1) is 15.3. The summed E-state index contributed by atoms with van der Waals surface area (Å²) in [6.45, 7) is 1.83. The highest BCUT2D eigenvalue weighted by molar-refractivity contribution is 8.26. The third-order valence-corrected chi connectivity index (χ3v) is 6.11.